The van der Waals surface area contributed by atoms with Crippen LogP contribution in [0.25, 0.3) is 5.65 Å². The first-order chi connectivity index (χ1) is 9.24. The van der Waals surface area contributed by atoms with Crippen molar-refractivity contribution in [3.05, 3.63) is 18.6 Å². The topological polar surface area (TPSA) is 74.5 Å². The van der Waals surface area contributed by atoms with Gasteiger partial charge in [-0.2, -0.15) is 0 Å². The number of anilines is 2. The van der Waals surface area contributed by atoms with E-state index in [1.165, 1.54) is 0 Å². The molecule has 0 radical (unpaired) electrons. The summed E-state index contributed by atoms with van der Waals surface area (Å²) in [5, 5.41) is 16.0. The normalized spacial score (nSPS) is 12.6. The third-order valence-corrected chi connectivity index (χ3v) is 2.97. The van der Waals surface area contributed by atoms with Crippen molar-refractivity contribution >= 4 is 17.3 Å². The van der Waals surface area contributed by atoms with Crippen LogP contribution >= 0.6 is 0 Å². The highest BCUT2D eigenvalue weighted by Gasteiger charge is 2.07. The Bertz CT molecular complexity index is 525. The molecule has 2 aromatic heterocycles. The van der Waals surface area contributed by atoms with Gasteiger partial charge in [-0.3, -0.25) is 0 Å². The molecule has 2 aromatic rings. The number of imidazole rings is 1. The van der Waals surface area contributed by atoms with Gasteiger partial charge in [-0.25, -0.2) is 9.97 Å². The maximum absolute atomic E-state index is 9.55. The molecule has 0 aromatic carbocycles. The number of hydrogen-bond donors (Lipinski definition) is 3. The van der Waals surface area contributed by atoms with Crippen LogP contribution < -0.4 is 10.6 Å². The molecule has 0 aliphatic carbocycles. The van der Waals surface area contributed by atoms with Gasteiger partial charge >= 0.3 is 0 Å². The van der Waals surface area contributed by atoms with Crippen LogP contribution in [0.4, 0.5) is 11.6 Å². The van der Waals surface area contributed by atoms with E-state index >= 15 is 0 Å². The van der Waals surface area contributed by atoms with Crippen LogP contribution in [0.1, 0.15) is 26.7 Å². The van der Waals surface area contributed by atoms with Gasteiger partial charge in [-0.15, -0.1) is 0 Å². The van der Waals surface area contributed by atoms with Crippen molar-refractivity contribution in [1.29, 1.82) is 0 Å². The van der Waals surface area contributed by atoms with Gasteiger partial charge < -0.3 is 20.1 Å². The van der Waals surface area contributed by atoms with E-state index in [9.17, 15) is 5.11 Å². The molecule has 6 nitrogen and oxygen atoms in total. The Hall–Kier alpha value is -1.82. The summed E-state index contributed by atoms with van der Waals surface area (Å²) < 4.78 is 1.93. The fourth-order valence-corrected chi connectivity index (χ4v) is 1.88. The zero-order chi connectivity index (χ0) is 13.7. The summed E-state index contributed by atoms with van der Waals surface area (Å²) in [6.07, 6.45) is 6.77. The van der Waals surface area contributed by atoms with Gasteiger partial charge in [-0.1, -0.05) is 6.92 Å². The summed E-state index contributed by atoms with van der Waals surface area (Å²) in [6, 6.07) is 0. The first-order valence-electron chi connectivity index (χ1n) is 6.74. The molecule has 1 atom stereocenters. The molecule has 0 spiro atoms. The Balaban J connectivity index is 2.13. The average molecular weight is 263 g/mol. The van der Waals surface area contributed by atoms with Crippen LogP contribution in [0.2, 0.25) is 0 Å². The number of nitrogens with zero attached hydrogens (tertiary/aromatic N) is 3. The summed E-state index contributed by atoms with van der Waals surface area (Å²) in [5.41, 5.74) is 0.799. The molecule has 0 saturated heterocycles. The Morgan fingerprint density at radius 2 is 2.21 bits per heavy atom. The van der Waals surface area contributed by atoms with E-state index in [1.807, 2.05) is 30.6 Å². The molecular formula is C13H21N5O. The van der Waals surface area contributed by atoms with E-state index in [2.05, 4.69) is 20.6 Å². The highest BCUT2D eigenvalue weighted by molar-refractivity contribution is 5.65. The Labute approximate surface area is 112 Å². The molecule has 0 aliphatic rings. The van der Waals surface area contributed by atoms with E-state index in [-0.39, 0.29) is 6.10 Å². The Kier molecular flexibility index (Phi) is 4.57. The number of aromatic nitrogens is 3. The van der Waals surface area contributed by atoms with Crippen molar-refractivity contribution in [1.82, 2.24) is 14.4 Å². The van der Waals surface area contributed by atoms with Crippen molar-refractivity contribution in [2.24, 2.45) is 0 Å². The average Bonchev–Trinajstić information content (AvgIpc) is 2.87. The molecule has 0 bridgehead atoms. The SMILES string of the molecule is CCNc1cn2ccnc2c(NCCC(O)CC)n1. The van der Waals surface area contributed by atoms with Crippen LogP contribution in [-0.2, 0) is 0 Å². The van der Waals surface area contributed by atoms with Gasteiger partial charge in [0.25, 0.3) is 0 Å². The highest BCUT2D eigenvalue weighted by Crippen LogP contribution is 2.16. The van der Waals surface area contributed by atoms with Gasteiger partial charge in [0.2, 0.25) is 0 Å². The molecule has 3 N–H and O–H groups in total. The predicted octanol–water partition coefficient (Wildman–Crippen LogP) is 1.73. The number of hydrogen-bond acceptors (Lipinski definition) is 5. The molecular weight excluding hydrogens is 242 g/mol. The third-order valence-electron chi connectivity index (χ3n) is 2.97. The largest absolute Gasteiger partial charge is 0.393 e. The quantitative estimate of drug-likeness (QED) is 0.709. The van der Waals surface area contributed by atoms with Gasteiger partial charge in [0, 0.05) is 25.5 Å². The summed E-state index contributed by atoms with van der Waals surface area (Å²) in [5.74, 6) is 1.55. The van der Waals surface area contributed by atoms with E-state index in [4.69, 9.17) is 0 Å². The van der Waals surface area contributed by atoms with E-state index < -0.39 is 0 Å². The molecule has 1 unspecified atom stereocenters. The maximum atomic E-state index is 9.55. The minimum atomic E-state index is -0.264. The Morgan fingerprint density at radius 3 is 2.95 bits per heavy atom. The molecule has 2 heterocycles. The molecule has 2 rings (SSSR count). The lowest BCUT2D eigenvalue weighted by Crippen LogP contribution is -2.14. The lowest BCUT2D eigenvalue weighted by atomic mass is 10.2. The van der Waals surface area contributed by atoms with Gasteiger partial charge in [0.1, 0.15) is 5.82 Å². The van der Waals surface area contributed by atoms with Crippen molar-refractivity contribution in [2.45, 2.75) is 32.8 Å². The lowest BCUT2D eigenvalue weighted by molar-refractivity contribution is 0.164. The van der Waals surface area contributed by atoms with E-state index in [0.29, 0.717) is 13.0 Å². The van der Waals surface area contributed by atoms with Crippen molar-refractivity contribution < 1.29 is 5.11 Å². The second-order valence-corrected chi connectivity index (χ2v) is 4.44. The summed E-state index contributed by atoms with van der Waals surface area (Å²) in [4.78, 5) is 8.78. The van der Waals surface area contributed by atoms with E-state index in [1.54, 1.807) is 6.20 Å². The van der Waals surface area contributed by atoms with Gasteiger partial charge in [0.15, 0.2) is 11.5 Å². The highest BCUT2D eigenvalue weighted by atomic mass is 16.3. The minimum absolute atomic E-state index is 0.264. The molecule has 0 saturated carbocycles. The van der Waals surface area contributed by atoms with Crippen LogP contribution in [0.3, 0.4) is 0 Å². The zero-order valence-corrected chi connectivity index (χ0v) is 11.4. The second-order valence-electron chi connectivity index (χ2n) is 4.44. The number of fused-ring (bicyclic) bond motifs is 1. The summed E-state index contributed by atoms with van der Waals surface area (Å²) >= 11 is 0. The van der Waals surface area contributed by atoms with Crippen molar-refractivity contribution in [3.63, 3.8) is 0 Å². The van der Waals surface area contributed by atoms with Gasteiger partial charge in [0.05, 0.1) is 12.3 Å². The third kappa shape index (κ3) is 3.35. The smallest absolute Gasteiger partial charge is 0.180 e. The van der Waals surface area contributed by atoms with Gasteiger partial charge in [-0.05, 0) is 19.8 Å². The lowest BCUT2D eigenvalue weighted by Gasteiger charge is -2.11. The summed E-state index contributed by atoms with van der Waals surface area (Å²) in [7, 11) is 0. The fraction of sp³-hybridized carbons (Fsp3) is 0.538. The van der Waals surface area contributed by atoms with Crippen LogP contribution in [0, 0.1) is 0 Å². The molecule has 104 valence electrons. The van der Waals surface area contributed by atoms with Crippen LogP contribution in [-0.4, -0.2) is 38.7 Å². The minimum Gasteiger partial charge on any atom is -0.393 e. The number of aliphatic hydroxyl groups is 1. The standard InChI is InChI=1S/C13H21N5O/c1-3-10(19)5-6-15-12-13-16-7-8-18(13)9-11(17-12)14-4-2/h7-10,14,19H,3-6H2,1-2H3,(H,15,17). The first-order valence-corrected chi connectivity index (χ1v) is 6.74. The van der Waals surface area contributed by atoms with Crippen molar-refractivity contribution in [2.75, 3.05) is 23.7 Å². The molecule has 0 amide bonds. The zero-order valence-electron chi connectivity index (χ0n) is 11.4. The van der Waals surface area contributed by atoms with E-state index in [0.717, 1.165) is 30.2 Å². The Morgan fingerprint density at radius 1 is 1.37 bits per heavy atom. The van der Waals surface area contributed by atoms with Crippen LogP contribution in [0.15, 0.2) is 18.6 Å². The second kappa shape index (κ2) is 6.38. The molecule has 6 heteroatoms. The first kappa shape index (κ1) is 13.6. The maximum Gasteiger partial charge on any atom is 0.180 e. The fourth-order valence-electron chi connectivity index (χ4n) is 1.88. The molecule has 0 aliphatic heterocycles. The molecule has 0 fully saturated rings. The molecule has 19 heavy (non-hydrogen) atoms. The monoisotopic (exact) mass is 263 g/mol. The number of rotatable bonds is 7. The van der Waals surface area contributed by atoms with Crippen LogP contribution in [0.5, 0.6) is 0 Å². The van der Waals surface area contributed by atoms with Crippen molar-refractivity contribution in [3.8, 4) is 0 Å². The summed E-state index contributed by atoms with van der Waals surface area (Å²) in [6.45, 7) is 5.51. The number of aliphatic hydroxyl groups excluding tert-OH is 1. The predicted molar refractivity (Wildman–Crippen MR) is 76.6 cm³/mol. The number of nitrogens with one attached hydrogen (secondary N) is 2.